The molecule has 0 aliphatic rings. The molecule has 0 aliphatic carbocycles. The maximum Gasteiger partial charge on any atom is 0.305 e. The van der Waals surface area contributed by atoms with Crippen LogP contribution >= 0.6 is 23.2 Å². The van der Waals surface area contributed by atoms with Gasteiger partial charge in [0.2, 0.25) is 0 Å². The number of amides is 2. The largest absolute Gasteiger partial charge is 0.481 e. The second-order valence-corrected chi connectivity index (χ2v) is 9.72. The van der Waals surface area contributed by atoms with E-state index < -0.39 is 5.97 Å². The average Bonchev–Trinajstić information content (AvgIpc) is 3.34. The molecule has 3 N–H and O–H groups in total. The molecule has 0 saturated heterocycles. The molecule has 4 rings (SSSR count). The molecule has 4 aromatic rings. The zero-order valence-electron chi connectivity index (χ0n) is 21.0. The predicted octanol–water partition coefficient (Wildman–Crippen LogP) is 5.60. The first kappa shape index (κ1) is 27.9. The summed E-state index contributed by atoms with van der Waals surface area (Å²) in [5, 5.41) is 19.8. The minimum absolute atomic E-state index is 0.0422. The van der Waals surface area contributed by atoms with E-state index >= 15 is 0 Å². The van der Waals surface area contributed by atoms with Crippen molar-refractivity contribution >= 4 is 41.0 Å². The van der Waals surface area contributed by atoms with Gasteiger partial charge in [0.25, 0.3) is 11.8 Å². The Morgan fingerprint density at radius 2 is 1.64 bits per heavy atom. The van der Waals surface area contributed by atoms with Gasteiger partial charge in [-0.05, 0) is 48.4 Å². The number of aromatic nitrogens is 2. The van der Waals surface area contributed by atoms with Crippen molar-refractivity contribution in [1.82, 2.24) is 20.4 Å². The van der Waals surface area contributed by atoms with Gasteiger partial charge < -0.3 is 15.7 Å². The molecule has 1 heterocycles. The quantitative estimate of drug-likeness (QED) is 0.232. The molecule has 0 radical (unpaired) electrons. The molecule has 1 atom stereocenters. The van der Waals surface area contributed by atoms with Crippen LogP contribution in [0.3, 0.4) is 0 Å². The predicted molar refractivity (Wildman–Crippen MR) is 150 cm³/mol. The summed E-state index contributed by atoms with van der Waals surface area (Å²) in [6.45, 7) is 2.22. The fourth-order valence-corrected chi connectivity index (χ4v) is 4.23. The molecule has 8 nitrogen and oxygen atoms in total. The zero-order chi connectivity index (χ0) is 27.9. The molecule has 3 aromatic carbocycles. The maximum atomic E-state index is 13.4. The lowest BCUT2D eigenvalue weighted by Crippen LogP contribution is -2.29. The van der Waals surface area contributed by atoms with E-state index in [0.717, 1.165) is 11.1 Å². The van der Waals surface area contributed by atoms with Gasteiger partial charge in [-0.3, -0.25) is 19.1 Å². The van der Waals surface area contributed by atoms with Crippen molar-refractivity contribution in [1.29, 1.82) is 0 Å². The van der Waals surface area contributed by atoms with Gasteiger partial charge in [0.15, 0.2) is 0 Å². The number of benzene rings is 3. The van der Waals surface area contributed by atoms with Crippen molar-refractivity contribution in [2.75, 3.05) is 6.54 Å². The molecule has 39 heavy (non-hydrogen) atoms. The molecule has 2 amide bonds. The van der Waals surface area contributed by atoms with Crippen LogP contribution in [-0.4, -0.2) is 39.2 Å². The van der Waals surface area contributed by atoms with Crippen molar-refractivity contribution < 1.29 is 19.5 Å². The van der Waals surface area contributed by atoms with Crippen molar-refractivity contribution in [3.05, 3.63) is 111 Å². The Labute approximate surface area is 235 Å². The highest BCUT2D eigenvalue weighted by atomic mass is 35.5. The van der Waals surface area contributed by atoms with Crippen molar-refractivity contribution in [3.63, 3.8) is 0 Å². The maximum absolute atomic E-state index is 13.4. The van der Waals surface area contributed by atoms with Gasteiger partial charge in [-0.2, -0.15) is 5.10 Å². The highest BCUT2D eigenvalue weighted by Gasteiger charge is 2.20. The van der Waals surface area contributed by atoms with Gasteiger partial charge in [-0.15, -0.1) is 0 Å². The van der Waals surface area contributed by atoms with E-state index in [-0.39, 0.29) is 37.4 Å². The summed E-state index contributed by atoms with van der Waals surface area (Å²) < 4.78 is 1.60. The fourth-order valence-electron chi connectivity index (χ4n) is 3.93. The number of aliphatic carboxylic acids is 1. The molecule has 0 saturated carbocycles. The number of rotatable bonds is 10. The molecule has 200 valence electrons. The van der Waals surface area contributed by atoms with Crippen LogP contribution in [0.2, 0.25) is 10.0 Å². The summed E-state index contributed by atoms with van der Waals surface area (Å²) in [4.78, 5) is 36.3. The number of hydrogen-bond donors (Lipinski definition) is 3. The Bertz CT molecular complexity index is 1490. The number of nitrogens with one attached hydrogen (secondary N) is 2. The van der Waals surface area contributed by atoms with Crippen LogP contribution in [0.4, 0.5) is 0 Å². The van der Waals surface area contributed by atoms with Crippen molar-refractivity contribution in [2.24, 2.45) is 0 Å². The van der Waals surface area contributed by atoms with Gasteiger partial charge in [0, 0.05) is 17.7 Å². The summed E-state index contributed by atoms with van der Waals surface area (Å²) in [5.41, 5.74) is 3.80. The standard InChI is InChI=1S/C29H26Cl2N4O4/c1-18(20-5-3-2-4-6-20)33-29(39)26-16-25(22-11-12-23(30)24(31)15-22)34-35(26)17-19-7-9-21(10-8-19)28(38)32-14-13-27(36)37/h2-12,15-16,18H,13-14,17H2,1H3,(H,32,38)(H,33,39)(H,36,37)/t18-/m1/s1. The average molecular weight is 565 g/mol. The summed E-state index contributed by atoms with van der Waals surface area (Å²) in [7, 11) is 0. The Hall–Kier alpha value is -4.14. The van der Waals surface area contributed by atoms with Crippen LogP contribution in [0.25, 0.3) is 11.3 Å². The van der Waals surface area contributed by atoms with Crippen LogP contribution in [-0.2, 0) is 11.3 Å². The molecular formula is C29H26Cl2N4O4. The molecule has 0 aliphatic heterocycles. The summed E-state index contributed by atoms with van der Waals surface area (Å²) >= 11 is 12.3. The third-order valence-corrected chi connectivity index (χ3v) is 6.79. The SMILES string of the molecule is C[C@@H](NC(=O)c1cc(-c2ccc(Cl)c(Cl)c2)nn1Cc1ccc(C(=O)NCCC(=O)O)cc1)c1ccccc1. The minimum atomic E-state index is -0.983. The number of hydrogen-bond acceptors (Lipinski definition) is 4. The summed E-state index contributed by atoms with van der Waals surface area (Å²) in [5.74, 6) is -1.64. The van der Waals surface area contributed by atoms with E-state index in [1.54, 1.807) is 53.2 Å². The first-order valence-electron chi connectivity index (χ1n) is 12.2. The highest BCUT2D eigenvalue weighted by molar-refractivity contribution is 6.42. The zero-order valence-corrected chi connectivity index (χ0v) is 22.5. The Morgan fingerprint density at radius 3 is 2.31 bits per heavy atom. The lowest BCUT2D eigenvalue weighted by atomic mass is 10.1. The van der Waals surface area contributed by atoms with Gasteiger partial charge in [0.05, 0.1) is 34.7 Å². The Morgan fingerprint density at radius 1 is 0.923 bits per heavy atom. The summed E-state index contributed by atoms with van der Waals surface area (Å²) in [6, 6.07) is 23.1. The lowest BCUT2D eigenvalue weighted by molar-refractivity contribution is -0.136. The molecular weight excluding hydrogens is 539 g/mol. The molecule has 0 spiro atoms. The van der Waals surface area contributed by atoms with E-state index in [1.807, 2.05) is 37.3 Å². The third kappa shape index (κ3) is 7.25. The third-order valence-electron chi connectivity index (χ3n) is 6.05. The van der Waals surface area contributed by atoms with E-state index in [0.29, 0.717) is 32.6 Å². The van der Waals surface area contributed by atoms with Crippen molar-refractivity contribution in [2.45, 2.75) is 25.9 Å². The minimum Gasteiger partial charge on any atom is -0.481 e. The van der Waals surface area contributed by atoms with Crippen LogP contribution in [0.1, 0.15) is 51.4 Å². The monoisotopic (exact) mass is 564 g/mol. The smallest absolute Gasteiger partial charge is 0.305 e. The van der Waals surface area contributed by atoms with Crippen LogP contribution in [0.5, 0.6) is 0 Å². The van der Waals surface area contributed by atoms with E-state index in [1.165, 1.54) is 0 Å². The Balaban J connectivity index is 1.58. The highest BCUT2D eigenvalue weighted by Crippen LogP contribution is 2.29. The number of carbonyl (C=O) groups excluding carboxylic acids is 2. The fraction of sp³-hybridized carbons (Fsp3) is 0.172. The molecule has 10 heteroatoms. The van der Waals surface area contributed by atoms with Crippen LogP contribution < -0.4 is 10.6 Å². The van der Waals surface area contributed by atoms with E-state index in [4.69, 9.17) is 28.3 Å². The van der Waals surface area contributed by atoms with E-state index in [9.17, 15) is 14.4 Å². The van der Waals surface area contributed by atoms with E-state index in [2.05, 4.69) is 15.7 Å². The van der Waals surface area contributed by atoms with Gasteiger partial charge in [-0.1, -0.05) is 71.7 Å². The van der Waals surface area contributed by atoms with Crippen molar-refractivity contribution in [3.8, 4) is 11.3 Å². The molecule has 1 aromatic heterocycles. The first-order valence-corrected chi connectivity index (χ1v) is 12.9. The van der Waals surface area contributed by atoms with Crippen LogP contribution in [0, 0.1) is 0 Å². The number of carbonyl (C=O) groups is 3. The normalized spacial score (nSPS) is 11.6. The Kier molecular flexibility index (Phi) is 9.01. The van der Waals surface area contributed by atoms with Gasteiger partial charge in [0.1, 0.15) is 5.69 Å². The first-order chi connectivity index (χ1) is 18.7. The van der Waals surface area contributed by atoms with Crippen LogP contribution in [0.15, 0.2) is 78.9 Å². The molecule has 0 unspecified atom stereocenters. The second kappa shape index (κ2) is 12.6. The topological polar surface area (TPSA) is 113 Å². The summed E-state index contributed by atoms with van der Waals surface area (Å²) in [6.07, 6.45) is -0.155. The van der Waals surface area contributed by atoms with Gasteiger partial charge >= 0.3 is 5.97 Å². The number of carboxylic acids is 1. The number of nitrogens with zero attached hydrogens (tertiary/aromatic N) is 2. The number of carboxylic acid groups (broad SMARTS) is 1. The number of halogens is 2. The second-order valence-electron chi connectivity index (χ2n) is 8.90. The lowest BCUT2D eigenvalue weighted by Gasteiger charge is -2.15. The molecule has 0 fully saturated rings. The van der Waals surface area contributed by atoms with Gasteiger partial charge in [-0.25, -0.2) is 0 Å². The molecule has 0 bridgehead atoms.